The summed E-state index contributed by atoms with van der Waals surface area (Å²) >= 11 is 0. The summed E-state index contributed by atoms with van der Waals surface area (Å²) in [5, 5.41) is 14.4. The monoisotopic (exact) mass is 342 g/mol. The van der Waals surface area contributed by atoms with Gasteiger partial charge in [-0.15, -0.1) is 0 Å². The summed E-state index contributed by atoms with van der Waals surface area (Å²) in [5.41, 5.74) is 3.51. The van der Waals surface area contributed by atoms with E-state index >= 15 is 0 Å². The van der Waals surface area contributed by atoms with Gasteiger partial charge < -0.3 is 15.0 Å². The van der Waals surface area contributed by atoms with Crippen LogP contribution in [0.4, 0.5) is 0 Å². The number of hydrogen-bond donors (Lipinski definition) is 2. The Morgan fingerprint density at radius 2 is 2.20 bits per heavy atom. The van der Waals surface area contributed by atoms with Crippen molar-refractivity contribution < 1.29 is 9.90 Å². The second kappa shape index (κ2) is 6.15. The first kappa shape index (κ1) is 16.1. The first-order valence-electron chi connectivity index (χ1n) is 8.86. The van der Waals surface area contributed by atoms with Crippen LogP contribution in [0.3, 0.4) is 0 Å². The molecule has 7 heteroatoms. The van der Waals surface area contributed by atoms with Gasteiger partial charge in [0.15, 0.2) is 0 Å². The third-order valence-electron chi connectivity index (χ3n) is 5.15. The molecular weight excluding hydrogens is 320 g/mol. The van der Waals surface area contributed by atoms with Gasteiger partial charge in [0.1, 0.15) is 5.56 Å². The maximum Gasteiger partial charge on any atom is 0.261 e. The Hall–Kier alpha value is -2.41. The van der Waals surface area contributed by atoms with E-state index in [0.717, 1.165) is 36.2 Å². The van der Waals surface area contributed by atoms with Crippen LogP contribution in [0.1, 0.15) is 58.9 Å². The topological polar surface area (TPSA) is 91.2 Å². The van der Waals surface area contributed by atoms with Gasteiger partial charge in [0.2, 0.25) is 0 Å². The maximum atomic E-state index is 12.9. The highest BCUT2D eigenvalue weighted by atomic mass is 16.3. The minimum Gasteiger partial charge on any atom is -0.387 e. The summed E-state index contributed by atoms with van der Waals surface area (Å²) in [7, 11) is 0. The lowest BCUT2D eigenvalue weighted by molar-refractivity contribution is 0.0703. The fourth-order valence-corrected chi connectivity index (χ4v) is 3.68. The van der Waals surface area contributed by atoms with Crippen LogP contribution < -0.4 is 5.56 Å². The predicted molar refractivity (Wildman–Crippen MR) is 91.3 cm³/mol. The summed E-state index contributed by atoms with van der Waals surface area (Å²) in [6.45, 7) is 3.38. The molecule has 7 nitrogen and oxygen atoms in total. The summed E-state index contributed by atoms with van der Waals surface area (Å²) < 4.78 is 1.84. The van der Waals surface area contributed by atoms with Crippen LogP contribution in [0.5, 0.6) is 0 Å². The van der Waals surface area contributed by atoms with Crippen molar-refractivity contribution in [2.45, 2.75) is 51.8 Å². The SMILES string of the molecule is CCC(O)c1cc2n(n1)CCN(C(=O)c1cc3c([nH]c1=O)CCC3)C2. The Balaban J connectivity index is 1.58. The van der Waals surface area contributed by atoms with Gasteiger partial charge in [-0.1, -0.05) is 6.92 Å². The van der Waals surface area contributed by atoms with E-state index < -0.39 is 6.10 Å². The van der Waals surface area contributed by atoms with Crippen molar-refractivity contribution in [1.82, 2.24) is 19.7 Å². The van der Waals surface area contributed by atoms with Crippen molar-refractivity contribution in [3.63, 3.8) is 0 Å². The fourth-order valence-electron chi connectivity index (χ4n) is 3.68. The average Bonchev–Trinajstić information content (AvgIpc) is 3.24. The number of aromatic nitrogens is 3. The number of rotatable bonds is 3. The second-order valence-electron chi connectivity index (χ2n) is 6.80. The van der Waals surface area contributed by atoms with Crippen molar-refractivity contribution in [2.24, 2.45) is 0 Å². The van der Waals surface area contributed by atoms with Gasteiger partial charge in [-0.2, -0.15) is 5.10 Å². The van der Waals surface area contributed by atoms with Crippen LogP contribution in [-0.4, -0.2) is 37.2 Å². The lowest BCUT2D eigenvalue weighted by Gasteiger charge is -2.27. The summed E-state index contributed by atoms with van der Waals surface area (Å²) in [5.74, 6) is -0.235. The van der Waals surface area contributed by atoms with Gasteiger partial charge in [-0.3, -0.25) is 14.3 Å². The maximum absolute atomic E-state index is 12.9. The Morgan fingerprint density at radius 3 is 3.00 bits per heavy atom. The highest BCUT2D eigenvalue weighted by Gasteiger charge is 2.27. The average molecular weight is 342 g/mol. The zero-order chi connectivity index (χ0) is 17.6. The van der Waals surface area contributed by atoms with E-state index in [1.54, 1.807) is 11.0 Å². The molecule has 25 heavy (non-hydrogen) atoms. The number of aliphatic hydroxyl groups excluding tert-OH is 1. The first-order valence-corrected chi connectivity index (χ1v) is 8.86. The third-order valence-corrected chi connectivity index (χ3v) is 5.15. The molecule has 2 aliphatic rings. The number of H-pyrrole nitrogens is 1. The number of fused-ring (bicyclic) bond motifs is 2. The molecule has 1 aliphatic heterocycles. The van der Waals surface area contributed by atoms with E-state index in [1.165, 1.54) is 0 Å². The molecule has 132 valence electrons. The minimum atomic E-state index is -0.582. The molecule has 0 aromatic carbocycles. The number of nitrogens with one attached hydrogen (secondary N) is 1. The van der Waals surface area contributed by atoms with Crippen LogP contribution in [0.2, 0.25) is 0 Å². The standard InChI is InChI=1S/C18H22N4O3/c1-2-16(23)15-9-12-10-21(6-7-22(12)20-15)18(25)13-8-11-4-3-5-14(11)19-17(13)24/h8-9,16,23H,2-7,10H2,1H3,(H,19,24). The number of aromatic amines is 1. The smallest absolute Gasteiger partial charge is 0.261 e. The molecule has 2 aromatic rings. The third kappa shape index (κ3) is 2.78. The number of carbonyl (C=O) groups is 1. The zero-order valence-corrected chi connectivity index (χ0v) is 14.3. The normalized spacial score (nSPS) is 17.3. The van der Waals surface area contributed by atoms with E-state index in [9.17, 15) is 14.7 Å². The van der Waals surface area contributed by atoms with Gasteiger partial charge in [-0.05, 0) is 43.4 Å². The molecule has 0 bridgehead atoms. The molecule has 4 rings (SSSR count). The summed E-state index contributed by atoms with van der Waals surface area (Å²) in [6.07, 6.45) is 2.83. The Morgan fingerprint density at radius 1 is 1.36 bits per heavy atom. The molecule has 3 heterocycles. The molecular formula is C18H22N4O3. The number of amides is 1. The summed E-state index contributed by atoms with van der Waals surface area (Å²) in [4.78, 5) is 29.7. The molecule has 0 saturated carbocycles. The molecule has 1 atom stereocenters. The highest BCUT2D eigenvalue weighted by molar-refractivity contribution is 5.94. The number of carbonyl (C=O) groups excluding carboxylic acids is 1. The van der Waals surface area contributed by atoms with Gasteiger partial charge in [0, 0.05) is 12.2 Å². The van der Waals surface area contributed by atoms with Gasteiger partial charge in [0.25, 0.3) is 11.5 Å². The van der Waals surface area contributed by atoms with Crippen molar-refractivity contribution in [2.75, 3.05) is 6.54 Å². The number of pyridine rings is 1. The Kier molecular flexibility index (Phi) is 3.95. The number of hydrogen-bond acceptors (Lipinski definition) is 4. The van der Waals surface area contributed by atoms with E-state index in [2.05, 4.69) is 10.1 Å². The van der Waals surface area contributed by atoms with Crippen molar-refractivity contribution in [3.8, 4) is 0 Å². The van der Waals surface area contributed by atoms with Crippen molar-refractivity contribution in [3.05, 3.63) is 50.7 Å². The Bertz CT molecular complexity index is 883. The van der Waals surface area contributed by atoms with Crippen LogP contribution in [0.15, 0.2) is 16.9 Å². The predicted octanol–water partition coefficient (Wildman–Crippen LogP) is 1.16. The number of aryl methyl sites for hydroxylation is 2. The molecule has 0 radical (unpaired) electrons. The van der Waals surface area contributed by atoms with E-state index in [0.29, 0.717) is 31.7 Å². The highest BCUT2D eigenvalue weighted by Crippen LogP contribution is 2.22. The molecule has 1 unspecified atom stereocenters. The molecule has 2 N–H and O–H groups in total. The number of aliphatic hydroxyl groups is 1. The van der Waals surface area contributed by atoms with Crippen molar-refractivity contribution in [1.29, 1.82) is 0 Å². The zero-order valence-electron chi connectivity index (χ0n) is 14.3. The fraction of sp³-hybridized carbons (Fsp3) is 0.500. The molecule has 2 aromatic heterocycles. The van der Waals surface area contributed by atoms with Crippen LogP contribution in [0, 0.1) is 0 Å². The van der Waals surface area contributed by atoms with Crippen LogP contribution in [0.25, 0.3) is 0 Å². The lowest BCUT2D eigenvalue weighted by Crippen LogP contribution is -2.40. The summed E-state index contributed by atoms with van der Waals surface area (Å²) in [6, 6.07) is 3.61. The molecule has 0 fully saturated rings. The quantitative estimate of drug-likeness (QED) is 0.876. The van der Waals surface area contributed by atoms with Gasteiger partial charge in [-0.25, -0.2) is 0 Å². The van der Waals surface area contributed by atoms with Gasteiger partial charge in [0.05, 0.1) is 30.6 Å². The molecule has 1 aliphatic carbocycles. The first-order chi connectivity index (χ1) is 12.1. The van der Waals surface area contributed by atoms with E-state index in [4.69, 9.17) is 0 Å². The van der Waals surface area contributed by atoms with Gasteiger partial charge >= 0.3 is 0 Å². The lowest BCUT2D eigenvalue weighted by atomic mass is 10.1. The van der Waals surface area contributed by atoms with Crippen LogP contribution in [-0.2, 0) is 25.9 Å². The minimum absolute atomic E-state index is 0.224. The molecule has 1 amide bonds. The van der Waals surface area contributed by atoms with E-state index in [1.807, 2.05) is 17.7 Å². The second-order valence-corrected chi connectivity index (χ2v) is 6.80. The largest absolute Gasteiger partial charge is 0.387 e. The Labute approximate surface area is 145 Å². The molecule has 0 spiro atoms. The van der Waals surface area contributed by atoms with E-state index in [-0.39, 0.29) is 17.0 Å². The molecule has 0 saturated heterocycles. The number of nitrogens with zero attached hydrogens (tertiary/aromatic N) is 3. The van der Waals surface area contributed by atoms with Crippen molar-refractivity contribution >= 4 is 5.91 Å². The van der Waals surface area contributed by atoms with Crippen LogP contribution >= 0.6 is 0 Å².